The second-order valence-corrected chi connectivity index (χ2v) is 11.7. The molecule has 0 saturated heterocycles. The summed E-state index contributed by atoms with van der Waals surface area (Å²) < 4.78 is 1.16. The number of unbranched alkanes of at least 4 members (excludes halogenated alkanes) is 16. The summed E-state index contributed by atoms with van der Waals surface area (Å²) in [4.78, 5) is 8.37. The van der Waals surface area contributed by atoms with Crippen molar-refractivity contribution in [1.82, 2.24) is 9.97 Å². The van der Waals surface area contributed by atoms with Gasteiger partial charge in [-0.25, -0.2) is 4.74 Å². The Kier molecular flexibility index (Phi) is 22.9. The molecule has 2 rings (SSSR count). The zero-order valence-corrected chi connectivity index (χ0v) is 26.5. The minimum Gasteiger partial charge on any atom is -0.624 e. The van der Waals surface area contributed by atoms with Crippen LogP contribution in [0.15, 0.2) is 73.4 Å². The molecule has 0 amide bonds. The van der Waals surface area contributed by atoms with Crippen LogP contribution in [0.5, 0.6) is 0 Å². The number of pyridine rings is 2. The van der Waals surface area contributed by atoms with Crippen LogP contribution in [-0.4, -0.2) is 27.5 Å². The Bertz CT molecular complexity index is 939. The van der Waals surface area contributed by atoms with Crippen molar-refractivity contribution in [2.24, 2.45) is 0 Å². The van der Waals surface area contributed by atoms with Crippen molar-refractivity contribution in [3.05, 3.63) is 89.7 Å². The summed E-state index contributed by atoms with van der Waals surface area (Å²) in [7, 11) is 0. The lowest BCUT2D eigenvalue weighted by Gasteiger charge is -2.03. The largest absolute Gasteiger partial charge is 0.624 e. The Morgan fingerprint density at radius 2 is 0.929 bits per heavy atom. The predicted octanol–water partition coefficient (Wildman–Crippen LogP) is 10.8. The summed E-state index contributed by atoms with van der Waals surface area (Å²) in [5, 5.41) is 12.0. The van der Waals surface area contributed by atoms with Crippen molar-refractivity contribution >= 4 is 6.21 Å². The lowest BCUT2D eigenvalue weighted by atomic mass is 10.1. The van der Waals surface area contributed by atoms with Gasteiger partial charge < -0.3 is 5.21 Å². The van der Waals surface area contributed by atoms with Crippen LogP contribution in [0.25, 0.3) is 0 Å². The number of allylic oxidation sites excluding steroid dienone is 4. The summed E-state index contributed by atoms with van der Waals surface area (Å²) in [5.74, 6) is 0. The Hall–Kier alpha value is -2.75. The van der Waals surface area contributed by atoms with Gasteiger partial charge in [-0.3, -0.25) is 9.97 Å². The third kappa shape index (κ3) is 21.9. The zero-order valence-electron chi connectivity index (χ0n) is 26.5. The average molecular weight is 574 g/mol. The van der Waals surface area contributed by atoms with E-state index in [4.69, 9.17) is 0 Å². The molecule has 2 aromatic rings. The highest BCUT2D eigenvalue weighted by Crippen LogP contribution is 2.12. The molecule has 0 radical (unpaired) electrons. The first-order valence-electron chi connectivity index (χ1n) is 17.2. The van der Waals surface area contributed by atoms with Gasteiger partial charge in [-0.2, -0.15) is 0 Å². The monoisotopic (exact) mass is 573 g/mol. The highest BCUT2D eigenvalue weighted by atomic mass is 16.5. The third-order valence-electron chi connectivity index (χ3n) is 7.86. The Morgan fingerprint density at radius 1 is 0.500 bits per heavy atom. The highest BCUT2D eigenvalue weighted by molar-refractivity contribution is 5.51. The van der Waals surface area contributed by atoms with Crippen molar-refractivity contribution < 1.29 is 4.74 Å². The molecule has 0 aliphatic rings. The van der Waals surface area contributed by atoms with Gasteiger partial charge in [-0.05, 0) is 107 Å². The lowest BCUT2D eigenvalue weighted by Crippen LogP contribution is -2.06. The molecule has 0 saturated carbocycles. The standard InChI is InChI=1S/C38H59N3O/c42-41(33-23-19-15-11-7-3-1-5-9-13-17-21-27-37-29-25-31-39-35-37)34-24-20-16-12-8-4-2-6-10-14-18-22-28-38-30-26-32-40-36-38/h3,7-8,12,25-26,29-32,34-36H,1-2,4-6,9-11,13-24,27-28,33H2/b7-3-,12-8-,41-34-. The molecule has 0 aliphatic heterocycles. The lowest BCUT2D eigenvalue weighted by molar-refractivity contribution is -0.454. The van der Waals surface area contributed by atoms with E-state index < -0.39 is 0 Å². The van der Waals surface area contributed by atoms with Gasteiger partial charge in [0.2, 0.25) is 0 Å². The molecule has 0 atom stereocenters. The first-order chi connectivity index (χ1) is 20.8. The molecular formula is C38H59N3O. The van der Waals surface area contributed by atoms with Crippen molar-refractivity contribution in [2.45, 2.75) is 141 Å². The molecule has 2 heterocycles. The maximum Gasteiger partial charge on any atom is 0.153 e. The Balaban J connectivity index is 1.26. The quantitative estimate of drug-likeness (QED) is 0.0267. The van der Waals surface area contributed by atoms with Gasteiger partial charge in [0.15, 0.2) is 12.8 Å². The molecule has 42 heavy (non-hydrogen) atoms. The number of aryl methyl sites for hydroxylation is 2. The van der Waals surface area contributed by atoms with E-state index >= 15 is 0 Å². The summed E-state index contributed by atoms with van der Waals surface area (Å²) in [6.07, 6.45) is 45.5. The number of hydroxylamine groups is 1. The van der Waals surface area contributed by atoms with Crippen molar-refractivity contribution in [3.8, 4) is 0 Å². The fourth-order valence-electron chi connectivity index (χ4n) is 5.25. The van der Waals surface area contributed by atoms with E-state index in [0.29, 0.717) is 6.54 Å². The minimum absolute atomic E-state index is 0.643. The van der Waals surface area contributed by atoms with Crippen LogP contribution in [0.4, 0.5) is 0 Å². The molecule has 4 heteroatoms. The predicted molar refractivity (Wildman–Crippen MR) is 181 cm³/mol. The van der Waals surface area contributed by atoms with E-state index in [-0.39, 0.29) is 0 Å². The molecule has 2 aromatic heterocycles. The maximum atomic E-state index is 12.0. The number of rotatable bonds is 27. The van der Waals surface area contributed by atoms with Gasteiger partial charge in [0.05, 0.1) is 0 Å². The van der Waals surface area contributed by atoms with Gasteiger partial charge in [0.25, 0.3) is 0 Å². The first-order valence-corrected chi connectivity index (χ1v) is 17.2. The summed E-state index contributed by atoms with van der Waals surface area (Å²) in [5.41, 5.74) is 2.72. The Labute approximate surface area is 258 Å². The molecular weight excluding hydrogens is 514 g/mol. The van der Waals surface area contributed by atoms with Gasteiger partial charge in [0, 0.05) is 37.6 Å². The van der Waals surface area contributed by atoms with Gasteiger partial charge in [-0.15, -0.1) is 0 Å². The summed E-state index contributed by atoms with van der Waals surface area (Å²) in [6.45, 7) is 0.643. The second-order valence-electron chi connectivity index (χ2n) is 11.7. The molecule has 0 N–H and O–H groups in total. The van der Waals surface area contributed by atoms with Crippen LogP contribution < -0.4 is 0 Å². The third-order valence-corrected chi connectivity index (χ3v) is 7.86. The van der Waals surface area contributed by atoms with Gasteiger partial charge in [0.1, 0.15) is 0 Å². The highest BCUT2D eigenvalue weighted by Gasteiger charge is 1.97. The van der Waals surface area contributed by atoms with E-state index in [0.717, 1.165) is 56.1 Å². The van der Waals surface area contributed by atoms with Crippen LogP contribution in [0, 0.1) is 5.21 Å². The second kappa shape index (κ2) is 27.1. The van der Waals surface area contributed by atoms with Crippen molar-refractivity contribution in [2.75, 3.05) is 6.54 Å². The van der Waals surface area contributed by atoms with Crippen LogP contribution in [-0.2, 0) is 12.8 Å². The molecule has 0 unspecified atom stereocenters. The summed E-state index contributed by atoms with van der Waals surface area (Å²) in [6, 6.07) is 8.40. The smallest absolute Gasteiger partial charge is 0.153 e. The number of nitrogens with zero attached hydrogens (tertiary/aromatic N) is 3. The van der Waals surface area contributed by atoms with Crippen LogP contribution in [0.2, 0.25) is 0 Å². The topological polar surface area (TPSA) is 51.9 Å². The van der Waals surface area contributed by atoms with Crippen LogP contribution >= 0.6 is 0 Å². The van der Waals surface area contributed by atoms with E-state index in [9.17, 15) is 5.21 Å². The number of hydrogen-bond donors (Lipinski definition) is 0. The molecule has 0 bridgehead atoms. The summed E-state index contributed by atoms with van der Waals surface area (Å²) >= 11 is 0. The molecule has 4 nitrogen and oxygen atoms in total. The fourth-order valence-corrected chi connectivity index (χ4v) is 5.25. The van der Waals surface area contributed by atoms with Gasteiger partial charge in [-0.1, -0.05) is 81.4 Å². The average Bonchev–Trinajstić information content (AvgIpc) is 3.02. The van der Waals surface area contributed by atoms with Crippen molar-refractivity contribution in [1.29, 1.82) is 0 Å². The molecule has 0 spiro atoms. The van der Waals surface area contributed by atoms with Crippen LogP contribution in [0.3, 0.4) is 0 Å². The van der Waals surface area contributed by atoms with Crippen molar-refractivity contribution in [3.63, 3.8) is 0 Å². The molecule has 0 aromatic carbocycles. The maximum absolute atomic E-state index is 12.0. The SMILES string of the molecule is [O-]/[N+](=C\CCC/C=C\CCCCCCCCc1cccnc1)CCCCC/C=C\CCCCCCCc1cccnc1. The zero-order chi connectivity index (χ0) is 29.6. The fraction of sp³-hybridized carbons (Fsp3) is 0.605. The number of aromatic nitrogens is 2. The molecule has 0 fully saturated rings. The normalized spacial score (nSPS) is 12.1. The molecule has 0 aliphatic carbocycles. The van der Waals surface area contributed by atoms with Crippen LogP contribution in [0.1, 0.15) is 140 Å². The minimum atomic E-state index is 0.643. The van der Waals surface area contributed by atoms with E-state index in [1.807, 2.05) is 43.1 Å². The van der Waals surface area contributed by atoms with E-state index in [1.54, 1.807) is 0 Å². The first kappa shape index (κ1) is 35.4. The van der Waals surface area contributed by atoms with E-state index in [1.165, 1.54) is 101 Å². The number of hydrogen-bond acceptors (Lipinski definition) is 3. The van der Waals surface area contributed by atoms with E-state index in [2.05, 4.69) is 46.4 Å². The van der Waals surface area contributed by atoms with Gasteiger partial charge >= 0.3 is 0 Å². The molecule has 232 valence electrons. The Morgan fingerprint density at radius 3 is 1.40 bits per heavy atom.